The van der Waals surface area contributed by atoms with Crippen molar-refractivity contribution >= 4 is 77.2 Å². The molecule has 3 aliphatic carbocycles. The molecule has 574 valence electrons. The Morgan fingerprint density at radius 3 is 1.98 bits per heavy atom. The summed E-state index contributed by atoms with van der Waals surface area (Å²) >= 11 is 0. The van der Waals surface area contributed by atoms with E-state index in [1.807, 2.05) is 0 Å². The molecule has 3 aromatic rings. The van der Waals surface area contributed by atoms with Gasteiger partial charge in [0.1, 0.15) is 73.6 Å². The number of aliphatic hydroxyl groups excluding tert-OH is 2. The van der Waals surface area contributed by atoms with Crippen molar-refractivity contribution in [2.24, 2.45) is 34.3 Å². The standard InChI is InChI=1S/C74H100N8O23/c1-40(2)49(84)37-98-38-53(85)79-55(41(3)4)63(90)78-48(26-21-31-76-66(75)93)62(89)77-47-29-27-44(28-30-47)36-99-68(95)81(13)32-33-82(14)69(96)102-51-34-52-73(39-100-52,104-43(6)83)59-61(103-64(91)46-24-19-16-20-25-46)74(97)35-50(42(5)54(71(74,10)11)57(86)60(88)72(51,59)12)101-65(92)58(87)56(45-22-17-15-18-23-45)80-67(94)105-70(7,8)9/h15-20,22-25,27-30,40-41,48,50-52,55-59,61,86-87,97H,21,26,31-39H2,1-14H3,(H,77,89)(H,78,90)(H,79,85)(H,80,94)(H3,75,76,93)/t48-,50-,51-,52+,55-,56-,57+,58+,59-,61-,72+,73-,74+/m0/s1. The van der Waals surface area contributed by atoms with Crippen molar-refractivity contribution in [3.8, 4) is 0 Å². The highest BCUT2D eigenvalue weighted by molar-refractivity contribution is 5.99. The maximum atomic E-state index is 16.1. The van der Waals surface area contributed by atoms with E-state index in [2.05, 4.69) is 26.6 Å². The molecule has 31 nitrogen and oxygen atoms in total. The van der Waals surface area contributed by atoms with Gasteiger partial charge in [-0.05, 0) is 99.9 Å². The number of Topliss-reactive ketones (excluding diaryl/α,β-unsaturated/α-hetero) is 2. The number of alkyl carbamates (subject to hydrolysis) is 1. The molecule has 8 amide bonds. The fraction of sp³-hybridized carbons (Fsp3) is 0.568. The maximum absolute atomic E-state index is 16.1. The number of rotatable bonds is 29. The fourth-order valence-electron chi connectivity index (χ4n) is 13.8. The number of amides is 8. The largest absolute Gasteiger partial charge is 0.456 e. The third kappa shape index (κ3) is 19.5. The zero-order chi connectivity index (χ0) is 77.8. The lowest BCUT2D eigenvalue weighted by Gasteiger charge is -2.67. The second-order valence-electron chi connectivity index (χ2n) is 29.4. The quantitative estimate of drug-likeness (QED) is 0.0194. The Hall–Kier alpha value is -9.56. The average Bonchev–Trinajstić information content (AvgIpc) is 0.668. The van der Waals surface area contributed by atoms with Gasteiger partial charge in [0.25, 0.3) is 0 Å². The predicted molar refractivity (Wildman–Crippen MR) is 375 cm³/mol. The molecule has 0 spiro atoms. The topological polar surface area (TPSA) is 432 Å². The third-order valence-corrected chi connectivity index (χ3v) is 19.7. The fourth-order valence-corrected chi connectivity index (χ4v) is 13.8. The van der Waals surface area contributed by atoms with Crippen LogP contribution in [0.2, 0.25) is 0 Å². The maximum Gasteiger partial charge on any atom is 0.409 e. The van der Waals surface area contributed by atoms with E-state index in [0.29, 0.717) is 5.56 Å². The summed E-state index contributed by atoms with van der Waals surface area (Å²) in [7, 11) is 2.76. The molecule has 0 aromatic heterocycles. The zero-order valence-electron chi connectivity index (χ0n) is 61.8. The predicted octanol–water partition coefficient (Wildman–Crippen LogP) is 4.86. The van der Waals surface area contributed by atoms with Crippen LogP contribution in [0.1, 0.15) is 136 Å². The van der Waals surface area contributed by atoms with Crippen LogP contribution in [-0.4, -0.2) is 216 Å². The number of anilines is 1. The molecule has 0 unspecified atom stereocenters. The number of primary amides is 1. The first-order chi connectivity index (χ1) is 49.2. The van der Waals surface area contributed by atoms with Crippen molar-refractivity contribution in [3.63, 3.8) is 0 Å². The molecule has 10 N–H and O–H groups in total. The van der Waals surface area contributed by atoms with Crippen LogP contribution < -0.4 is 32.3 Å². The van der Waals surface area contributed by atoms with E-state index in [0.717, 1.165) is 11.8 Å². The number of urea groups is 1. The van der Waals surface area contributed by atoms with Gasteiger partial charge in [-0.15, -0.1) is 0 Å². The van der Waals surface area contributed by atoms with E-state index in [4.69, 9.17) is 43.6 Å². The van der Waals surface area contributed by atoms with Gasteiger partial charge in [-0.3, -0.25) is 28.8 Å². The molecule has 3 aromatic carbocycles. The van der Waals surface area contributed by atoms with Crippen LogP contribution >= 0.6 is 0 Å². The van der Waals surface area contributed by atoms with Crippen molar-refractivity contribution in [2.45, 2.75) is 187 Å². The van der Waals surface area contributed by atoms with Crippen molar-refractivity contribution in [2.75, 3.05) is 58.9 Å². The minimum absolute atomic E-state index is 0.0207. The molecule has 31 heteroatoms. The summed E-state index contributed by atoms with van der Waals surface area (Å²) in [5.41, 5.74) is -3.50. The van der Waals surface area contributed by atoms with Crippen LogP contribution in [0.25, 0.3) is 0 Å². The highest BCUT2D eigenvalue weighted by atomic mass is 16.6. The number of hydrogen-bond acceptors (Lipinski definition) is 23. The molecular formula is C74H100N8O23. The number of likely N-dealkylation sites (N-methyl/N-ethyl adjacent to an activating group) is 2. The van der Waals surface area contributed by atoms with Gasteiger partial charge in [0.15, 0.2) is 23.3 Å². The molecule has 0 radical (unpaired) electrons. The molecule has 4 aliphatic rings. The zero-order valence-corrected chi connectivity index (χ0v) is 61.8. The average molecular weight is 1470 g/mol. The number of nitrogens with two attached hydrogens (primary N) is 1. The van der Waals surface area contributed by atoms with Gasteiger partial charge in [-0.2, -0.15) is 0 Å². The lowest BCUT2D eigenvalue weighted by Crippen LogP contribution is -2.82. The first kappa shape index (κ1) is 82.7. The van der Waals surface area contributed by atoms with Gasteiger partial charge >= 0.3 is 42.2 Å². The van der Waals surface area contributed by atoms with E-state index in [1.54, 1.807) is 109 Å². The Morgan fingerprint density at radius 2 is 1.41 bits per heavy atom. The second-order valence-corrected chi connectivity index (χ2v) is 29.4. The number of fused-ring (bicyclic) bond motifs is 5. The first-order valence-corrected chi connectivity index (χ1v) is 34.8. The van der Waals surface area contributed by atoms with Gasteiger partial charge in [0.05, 0.1) is 29.5 Å². The smallest absolute Gasteiger partial charge is 0.409 e. The summed E-state index contributed by atoms with van der Waals surface area (Å²) in [4.78, 5) is 166. The monoisotopic (exact) mass is 1470 g/mol. The number of ketones is 2. The number of hydrogen-bond donors (Lipinski definition) is 9. The summed E-state index contributed by atoms with van der Waals surface area (Å²) in [6.07, 6.45) is -14.5. The molecule has 13 atom stereocenters. The number of benzene rings is 3. The lowest BCUT2D eigenvalue weighted by atomic mass is 9.44. The third-order valence-electron chi connectivity index (χ3n) is 19.7. The Labute approximate surface area is 609 Å². The summed E-state index contributed by atoms with van der Waals surface area (Å²) in [6, 6.07) is 17.3. The van der Waals surface area contributed by atoms with Crippen LogP contribution in [0.5, 0.6) is 0 Å². The van der Waals surface area contributed by atoms with Gasteiger partial charge in [-0.1, -0.05) is 102 Å². The summed E-state index contributed by atoms with van der Waals surface area (Å²) in [5.74, 6) is -8.97. The first-order valence-electron chi connectivity index (χ1n) is 34.8. The Balaban J connectivity index is 1.08. The minimum Gasteiger partial charge on any atom is -0.456 e. The van der Waals surface area contributed by atoms with Gasteiger partial charge in [0, 0.05) is 70.5 Å². The molecule has 105 heavy (non-hydrogen) atoms. The number of carbonyl (C=O) groups is 12. The molecule has 7 rings (SSSR count). The Kier molecular flexibility index (Phi) is 27.2. The van der Waals surface area contributed by atoms with Gasteiger partial charge < -0.3 is 95.3 Å². The van der Waals surface area contributed by atoms with E-state index in [-0.39, 0.29) is 91.8 Å². The molecule has 3 fully saturated rings. The molecular weight excluding hydrogens is 1370 g/mol. The molecule has 2 bridgehead atoms. The van der Waals surface area contributed by atoms with Crippen LogP contribution in [0.3, 0.4) is 0 Å². The Morgan fingerprint density at radius 1 is 0.790 bits per heavy atom. The number of aliphatic hydroxyl groups is 3. The highest BCUT2D eigenvalue weighted by Gasteiger charge is 2.79. The lowest BCUT2D eigenvalue weighted by molar-refractivity contribution is -0.345. The van der Waals surface area contributed by atoms with Crippen molar-refractivity contribution in [3.05, 3.63) is 113 Å². The second kappa shape index (κ2) is 34.6. The number of esters is 3. The normalized spacial score (nSPS) is 24.1. The van der Waals surface area contributed by atoms with E-state index >= 15 is 4.79 Å². The summed E-state index contributed by atoms with van der Waals surface area (Å²) in [6.45, 7) is 16.7. The van der Waals surface area contributed by atoms with E-state index in [1.165, 1.54) is 71.0 Å². The van der Waals surface area contributed by atoms with Crippen molar-refractivity contribution < 1.29 is 111 Å². The molecule has 2 saturated carbocycles. The number of nitrogens with one attached hydrogen (secondary N) is 5. The minimum atomic E-state index is -2.56. The number of nitrogens with zero attached hydrogens (tertiary/aromatic N) is 2. The van der Waals surface area contributed by atoms with Crippen LogP contribution in [0.4, 0.5) is 24.9 Å². The van der Waals surface area contributed by atoms with Crippen molar-refractivity contribution in [1.82, 2.24) is 31.1 Å². The van der Waals surface area contributed by atoms with Crippen LogP contribution in [0.15, 0.2) is 96.1 Å². The SMILES string of the molecule is CC(=O)O[C@@]12CO[C@@H]1C[C@H](OC(=O)N(C)CCN(C)C(=O)OCc1ccc(NC(=O)[C@H](CCCNC(N)=O)NC(=O)[C@@H](NC(=O)COCC(=O)C(C)C)C(C)C)cc1)[C@@]1(C)C(=O)[C@H](O)C3=C(C)[C@@H](OC(=O)[C@H](O)[C@@H](NC(=O)OC(C)(C)C)c4ccccc4)C[C@@](O)([C@@H](OC(=O)c4ccccc4)[C@H]21)C3(C)C. The highest BCUT2D eigenvalue weighted by Crippen LogP contribution is 2.65. The summed E-state index contributed by atoms with van der Waals surface area (Å²) in [5, 5.41) is 51.8. The van der Waals surface area contributed by atoms with Gasteiger partial charge in [-0.25, -0.2) is 28.8 Å². The molecule has 1 aliphatic heterocycles. The molecule has 1 saturated heterocycles. The van der Waals surface area contributed by atoms with Crippen molar-refractivity contribution in [1.29, 1.82) is 0 Å². The van der Waals surface area contributed by atoms with E-state index < -0.39 is 180 Å². The number of carbonyl (C=O) groups excluding carboxylic acids is 12. The molecule has 1 heterocycles. The van der Waals surface area contributed by atoms with E-state index in [9.17, 15) is 68.1 Å². The van der Waals surface area contributed by atoms with Crippen LogP contribution in [-0.2, 0) is 78.1 Å². The Bertz CT molecular complexity index is 3720. The van der Waals surface area contributed by atoms with Gasteiger partial charge in [0.2, 0.25) is 17.7 Å². The number of ether oxygens (including phenoxy) is 8. The van der Waals surface area contributed by atoms with Crippen LogP contribution in [0, 0.1) is 28.6 Å². The summed E-state index contributed by atoms with van der Waals surface area (Å²) < 4.78 is 47.6.